The number of hydrogen-bond acceptors (Lipinski definition) is 2. The molecule has 43 heavy (non-hydrogen) atoms. The number of hydrogen-bond donors (Lipinski definition) is 0. The van der Waals surface area contributed by atoms with Crippen molar-refractivity contribution in [3.05, 3.63) is 114 Å². The number of anilines is 3. The van der Waals surface area contributed by atoms with Crippen molar-refractivity contribution < 1.29 is 0 Å². The third-order valence-electron chi connectivity index (χ3n) is 10.5. The predicted molar refractivity (Wildman–Crippen MR) is 186 cm³/mol. The standard InChI is InChI=1S/C39H31BN2S/c1-38(2,3)22-20-26-23-13-10-14-25-34(23)42(35-24-12-6-9-19-32(24)43-37(25)35)40-29-17-11-16-28-36(29)41(31(21-22)33(26)40)30-18-8-7-15-27(30)39(28,4)5/h6-21H,1-5H3. The van der Waals surface area contributed by atoms with Crippen molar-refractivity contribution in [2.24, 2.45) is 0 Å². The third kappa shape index (κ3) is 2.77. The SMILES string of the molecule is CC(C)(C)c1cc2c3c(c1)N1c4ccccc4C(C)(C)c4cccc(c41)B3n1c3c-2cccc3c2sc3ccccc3c21. The second-order valence-corrected chi connectivity index (χ2v) is 15.2. The monoisotopic (exact) mass is 570 g/mol. The van der Waals surface area contributed by atoms with Crippen LogP contribution in [0.3, 0.4) is 0 Å². The molecule has 0 unspecified atom stereocenters. The Morgan fingerprint density at radius 3 is 2.30 bits per heavy atom. The van der Waals surface area contributed by atoms with E-state index in [2.05, 4.69) is 141 Å². The van der Waals surface area contributed by atoms with Crippen LogP contribution in [0.4, 0.5) is 17.1 Å². The van der Waals surface area contributed by atoms with Gasteiger partial charge in [-0.15, -0.1) is 11.3 Å². The molecule has 4 heteroatoms. The van der Waals surface area contributed by atoms with E-state index in [1.807, 2.05) is 11.3 Å². The Bertz CT molecular complexity index is 2380. The van der Waals surface area contributed by atoms with Crippen molar-refractivity contribution in [3.8, 4) is 11.1 Å². The van der Waals surface area contributed by atoms with E-state index in [-0.39, 0.29) is 17.7 Å². The molecule has 0 atom stereocenters. The summed E-state index contributed by atoms with van der Waals surface area (Å²) in [6.07, 6.45) is 0. The fraction of sp³-hybridized carbons (Fsp3) is 0.179. The highest BCUT2D eigenvalue weighted by molar-refractivity contribution is 7.27. The van der Waals surface area contributed by atoms with Crippen molar-refractivity contribution in [1.29, 1.82) is 0 Å². The Kier molecular flexibility index (Phi) is 4.29. The van der Waals surface area contributed by atoms with Gasteiger partial charge in [-0.1, -0.05) is 113 Å². The van der Waals surface area contributed by atoms with Crippen LogP contribution in [0.5, 0.6) is 0 Å². The molecule has 0 radical (unpaired) electrons. The zero-order valence-corrected chi connectivity index (χ0v) is 25.9. The Labute approximate surface area is 256 Å². The van der Waals surface area contributed by atoms with Crippen molar-refractivity contribution in [1.82, 2.24) is 4.48 Å². The Morgan fingerprint density at radius 1 is 0.698 bits per heavy atom. The van der Waals surface area contributed by atoms with Crippen molar-refractivity contribution >= 4 is 77.4 Å². The number of thiophene rings is 1. The summed E-state index contributed by atoms with van der Waals surface area (Å²) in [6, 6.07) is 37.2. The smallest absolute Gasteiger partial charge is 0.333 e. The zero-order chi connectivity index (χ0) is 29.0. The summed E-state index contributed by atoms with van der Waals surface area (Å²) in [7, 11) is 0. The van der Waals surface area contributed by atoms with Crippen LogP contribution < -0.4 is 15.8 Å². The van der Waals surface area contributed by atoms with Gasteiger partial charge in [-0.05, 0) is 56.8 Å². The molecule has 2 nitrogen and oxygen atoms in total. The first kappa shape index (κ1) is 24.2. The molecular weight excluding hydrogens is 539 g/mol. The molecule has 0 saturated carbocycles. The molecule has 0 fully saturated rings. The quantitative estimate of drug-likeness (QED) is 0.165. The lowest BCUT2D eigenvalue weighted by Crippen LogP contribution is -2.58. The van der Waals surface area contributed by atoms with Crippen LogP contribution in [0.25, 0.3) is 42.3 Å². The topological polar surface area (TPSA) is 8.17 Å². The normalized spacial score (nSPS) is 15.7. The van der Waals surface area contributed by atoms with Crippen molar-refractivity contribution in [2.45, 2.75) is 45.4 Å². The van der Waals surface area contributed by atoms with E-state index in [0.29, 0.717) is 0 Å². The molecule has 3 aliphatic rings. The molecular formula is C39H31BN2S. The van der Waals surface area contributed by atoms with Gasteiger partial charge < -0.3 is 9.38 Å². The molecule has 0 N–H and O–H groups in total. The van der Waals surface area contributed by atoms with Crippen LogP contribution in [0, 0.1) is 0 Å². The summed E-state index contributed by atoms with van der Waals surface area (Å²) < 4.78 is 5.49. The maximum absolute atomic E-state index is 2.72. The summed E-state index contributed by atoms with van der Waals surface area (Å²) in [5, 5.41) is 2.74. The number of aromatic nitrogens is 1. The second-order valence-electron chi connectivity index (χ2n) is 14.2. The van der Waals surface area contributed by atoms with Gasteiger partial charge in [0.15, 0.2) is 0 Å². The number of nitrogens with zero attached hydrogens (tertiary/aromatic N) is 2. The average Bonchev–Trinajstić information content (AvgIpc) is 3.53. The molecule has 0 amide bonds. The van der Waals surface area contributed by atoms with E-state index >= 15 is 0 Å². The minimum atomic E-state index is -0.108. The number of benzene rings is 5. The highest BCUT2D eigenvalue weighted by Crippen LogP contribution is 2.55. The number of para-hydroxylation sites is 3. The lowest BCUT2D eigenvalue weighted by molar-refractivity contribution is 0.590. The Balaban J connectivity index is 1.45. The minimum Gasteiger partial charge on any atom is -0.374 e. The van der Waals surface area contributed by atoms with Crippen LogP contribution in [0.15, 0.2) is 97.1 Å². The van der Waals surface area contributed by atoms with E-state index in [0.717, 1.165) is 0 Å². The molecule has 2 aromatic heterocycles. The van der Waals surface area contributed by atoms with E-state index in [1.165, 1.54) is 87.0 Å². The number of rotatable bonds is 0. The van der Waals surface area contributed by atoms with Crippen LogP contribution in [0.2, 0.25) is 0 Å². The van der Waals surface area contributed by atoms with Gasteiger partial charge in [0.05, 0.1) is 15.9 Å². The van der Waals surface area contributed by atoms with Crippen molar-refractivity contribution in [2.75, 3.05) is 4.90 Å². The Hall–Kier alpha value is -4.28. The van der Waals surface area contributed by atoms with Gasteiger partial charge in [-0.2, -0.15) is 0 Å². The van der Waals surface area contributed by atoms with Crippen LogP contribution in [-0.2, 0) is 10.8 Å². The second kappa shape index (κ2) is 7.62. The first-order chi connectivity index (χ1) is 20.7. The molecule has 5 heterocycles. The van der Waals surface area contributed by atoms with E-state index in [1.54, 1.807) is 0 Å². The van der Waals surface area contributed by atoms with Crippen LogP contribution in [0.1, 0.15) is 51.3 Å². The fourth-order valence-corrected chi connectivity index (χ4v) is 9.69. The molecule has 3 aliphatic heterocycles. The first-order valence-electron chi connectivity index (χ1n) is 15.4. The first-order valence-corrected chi connectivity index (χ1v) is 16.2. The molecule has 7 aromatic rings. The van der Waals surface area contributed by atoms with Gasteiger partial charge in [0, 0.05) is 43.3 Å². The van der Waals surface area contributed by atoms with E-state index in [9.17, 15) is 0 Å². The fourth-order valence-electron chi connectivity index (χ4n) is 8.47. The third-order valence-corrected chi connectivity index (χ3v) is 11.7. The average molecular weight is 571 g/mol. The maximum Gasteiger partial charge on any atom is 0.333 e. The molecule has 0 aliphatic carbocycles. The van der Waals surface area contributed by atoms with Gasteiger partial charge in [0.25, 0.3) is 0 Å². The molecule has 0 saturated heterocycles. The van der Waals surface area contributed by atoms with Gasteiger partial charge >= 0.3 is 6.85 Å². The predicted octanol–water partition coefficient (Wildman–Crippen LogP) is 9.36. The minimum absolute atomic E-state index is 0.0132. The molecule has 206 valence electrons. The van der Waals surface area contributed by atoms with Gasteiger partial charge in [-0.25, -0.2) is 0 Å². The Morgan fingerprint density at radius 2 is 1.44 bits per heavy atom. The highest BCUT2D eigenvalue weighted by atomic mass is 32.1. The maximum atomic E-state index is 2.72. The molecule has 0 spiro atoms. The highest BCUT2D eigenvalue weighted by Gasteiger charge is 2.48. The summed E-state index contributed by atoms with van der Waals surface area (Å²) in [5.74, 6) is 0. The largest absolute Gasteiger partial charge is 0.374 e. The van der Waals surface area contributed by atoms with E-state index < -0.39 is 0 Å². The number of fused-ring (bicyclic) bond motifs is 11. The van der Waals surface area contributed by atoms with Gasteiger partial charge in [0.2, 0.25) is 0 Å². The summed E-state index contributed by atoms with van der Waals surface area (Å²) in [4.78, 5) is 2.62. The zero-order valence-electron chi connectivity index (χ0n) is 25.1. The van der Waals surface area contributed by atoms with Crippen molar-refractivity contribution in [3.63, 3.8) is 0 Å². The van der Waals surface area contributed by atoms with Gasteiger partial charge in [-0.3, -0.25) is 0 Å². The van der Waals surface area contributed by atoms with Crippen LogP contribution >= 0.6 is 11.3 Å². The van der Waals surface area contributed by atoms with Crippen LogP contribution in [-0.4, -0.2) is 11.3 Å². The molecule has 10 rings (SSSR count). The van der Waals surface area contributed by atoms with Gasteiger partial charge in [0.1, 0.15) is 0 Å². The lowest BCUT2D eigenvalue weighted by Gasteiger charge is -2.48. The summed E-state index contributed by atoms with van der Waals surface area (Å²) in [6.45, 7) is 12.0. The summed E-state index contributed by atoms with van der Waals surface area (Å²) in [5.41, 5.74) is 16.4. The lowest BCUT2D eigenvalue weighted by atomic mass is 9.44. The molecule has 5 aromatic carbocycles. The summed E-state index contributed by atoms with van der Waals surface area (Å²) >= 11 is 1.94. The van der Waals surface area contributed by atoms with E-state index in [4.69, 9.17) is 0 Å². The molecule has 0 bridgehead atoms.